The van der Waals surface area contributed by atoms with Gasteiger partial charge in [-0.1, -0.05) is 0 Å². The van der Waals surface area contributed by atoms with Crippen LogP contribution in [0.2, 0.25) is 0 Å². The van der Waals surface area contributed by atoms with Crippen molar-refractivity contribution in [3.8, 4) is 0 Å². The molecular formula is C11H18FN3O2. The lowest BCUT2D eigenvalue weighted by molar-refractivity contribution is 0.0691. The Morgan fingerprint density at radius 1 is 1.18 bits per heavy atom. The number of rotatable bonds is 9. The summed E-state index contributed by atoms with van der Waals surface area (Å²) in [6.07, 6.45) is 4.19. The van der Waals surface area contributed by atoms with Gasteiger partial charge in [-0.15, -0.1) is 0 Å². The Morgan fingerprint density at radius 3 is 2.65 bits per heavy atom. The molecule has 0 aliphatic rings. The van der Waals surface area contributed by atoms with Crippen molar-refractivity contribution in [1.82, 2.24) is 9.97 Å². The van der Waals surface area contributed by atoms with Crippen LogP contribution in [0.15, 0.2) is 12.4 Å². The van der Waals surface area contributed by atoms with Gasteiger partial charge < -0.3 is 14.8 Å². The highest BCUT2D eigenvalue weighted by Gasteiger charge is 1.95. The fraction of sp³-hybridized carbons (Fsp3) is 0.636. The molecule has 1 aromatic heterocycles. The highest BCUT2D eigenvalue weighted by molar-refractivity contribution is 5.21. The quantitative estimate of drug-likeness (QED) is 0.666. The zero-order valence-electron chi connectivity index (χ0n) is 9.99. The molecule has 0 fully saturated rings. The largest absolute Gasteiger partial charge is 0.382 e. The molecule has 0 bridgehead atoms. The van der Waals surface area contributed by atoms with Crippen LogP contribution in [0, 0.1) is 5.82 Å². The molecular weight excluding hydrogens is 225 g/mol. The van der Waals surface area contributed by atoms with E-state index in [9.17, 15) is 4.39 Å². The first kappa shape index (κ1) is 13.8. The van der Waals surface area contributed by atoms with Crippen LogP contribution >= 0.6 is 0 Å². The Kier molecular flexibility index (Phi) is 7.17. The third-order valence-electron chi connectivity index (χ3n) is 2.05. The Bertz CT molecular complexity index is 295. The number of aromatic nitrogens is 2. The van der Waals surface area contributed by atoms with E-state index in [-0.39, 0.29) is 0 Å². The molecule has 0 aliphatic carbocycles. The number of anilines is 1. The lowest BCUT2D eigenvalue weighted by Crippen LogP contribution is -2.08. The van der Waals surface area contributed by atoms with Gasteiger partial charge in [-0.3, -0.25) is 0 Å². The number of unbranched alkanes of at least 4 members (excludes halogenated alkanes) is 1. The van der Waals surface area contributed by atoms with Crippen LogP contribution in [0.4, 0.5) is 10.3 Å². The molecule has 0 saturated carbocycles. The fourth-order valence-corrected chi connectivity index (χ4v) is 1.18. The van der Waals surface area contributed by atoms with Crippen molar-refractivity contribution < 1.29 is 13.9 Å². The van der Waals surface area contributed by atoms with Crippen molar-refractivity contribution in [2.45, 2.75) is 12.8 Å². The second kappa shape index (κ2) is 8.83. The summed E-state index contributed by atoms with van der Waals surface area (Å²) in [5.41, 5.74) is 0. The number of hydrogen-bond acceptors (Lipinski definition) is 5. The number of methoxy groups -OCH3 is 1. The summed E-state index contributed by atoms with van der Waals surface area (Å²) < 4.78 is 22.7. The maximum atomic E-state index is 12.5. The molecule has 1 rings (SSSR count). The zero-order chi connectivity index (χ0) is 12.3. The number of halogens is 1. The molecule has 96 valence electrons. The molecule has 0 aliphatic heterocycles. The van der Waals surface area contributed by atoms with Gasteiger partial charge in [-0.05, 0) is 12.8 Å². The van der Waals surface area contributed by atoms with Gasteiger partial charge in [0, 0.05) is 20.3 Å². The molecule has 0 radical (unpaired) electrons. The van der Waals surface area contributed by atoms with Gasteiger partial charge in [0.1, 0.15) is 0 Å². The van der Waals surface area contributed by atoms with Gasteiger partial charge in [0.15, 0.2) is 5.82 Å². The molecule has 1 heterocycles. The van der Waals surface area contributed by atoms with Gasteiger partial charge in [-0.2, -0.15) is 0 Å². The fourth-order valence-electron chi connectivity index (χ4n) is 1.18. The summed E-state index contributed by atoms with van der Waals surface area (Å²) in [4.78, 5) is 7.58. The average molecular weight is 243 g/mol. The van der Waals surface area contributed by atoms with E-state index in [1.807, 2.05) is 0 Å². The van der Waals surface area contributed by atoms with Crippen LogP contribution in [0.3, 0.4) is 0 Å². The topological polar surface area (TPSA) is 56.3 Å². The minimum absolute atomic E-state index is 0.429. The molecule has 0 unspecified atom stereocenters. The average Bonchev–Trinajstić information content (AvgIpc) is 2.35. The third kappa shape index (κ3) is 6.80. The van der Waals surface area contributed by atoms with Gasteiger partial charge in [0.05, 0.1) is 25.6 Å². The lowest BCUT2D eigenvalue weighted by Gasteiger charge is -2.05. The molecule has 0 spiro atoms. The molecule has 0 aromatic carbocycles. The van der Waals surface area contributed by atoms with Crippen molar-refractivity contribution in [1.29, 1.82) is 0 Å². The highest BCUT2D eigenvalue weighted by Crippen LogP contribution is 1.99. The minimum atomic E-state index is -0.429. The summed E-state index contributed by atoms with van der Waals surface area (Å²) in [5, 5.41) is 3.00. The molecule has 1 N–H and O–H groups in total. The molecule has 0 amide bonds. The van der Waals surface area contributed by atoms with E-state index < -0.39 is 5.82 Å². The predicted molar refractivity (Wildman–Crippen MR) is 62.4 cm³/mol. The molecule has 0 atom stereocenters. The molecule has 5 nitrogen and oxygen atoms in total. The summed E-state index contributed by atoms with van der Waals surface area (Å²) in [5.74, 6) is 0.0220. The maximum Gasteiger partial charge on any atom is 0.222 e. The van der Waals surface area contributed by atoms with E-state index in [2.05, 4.69) is 15.3 Å². The second-order valence-electron chi connectivity index (χ2n) is 3.46. The number of nitrogens with one attached hydrogen (secondary N) is 1. The van der Waals surface area contributed by atoms with E-state index in [1.165, 1.54) is 0 Å². The van der Waals surface area contributed by atoms with Crippen LogP contribution in [0.25, 0.3) is 0 Å². The van der Waals surface area contributed by atoms with Crippen molar-refractivity contribution in [2.75, 3.05) is 38.8 Å². The van der Waals surface area contributed by atoms with E-state index >= 15 is 0 Å². The first-order chi connectivity index (χ1) is 8.33. The van der Waals surface area contributed by atoms with Gasteiger partial charge in [0.25, 0.3) is 0 Å². The molecule has 17 heavy (non-hydrogen) atoms. The Hall–Kier alpha value is -1.27. The summed E-state index contributed by atoms with van der Waals surface area (Å²) in [6, 6.07) is 0. The summed E-state index contributed by atoms with van der Waals surface area (Å²) >= 11 is 0. The zero-order valence-corrected chi connectivity index (χ0v) is 9.99. The third-order valence-corrected chi connectivity index (χ3v) is 2.05. The van der Waals surface area contributed by atoms with E-state index in [0.29, 0.717) is 19.2 Å². The number of ether oxygens (including phenoxy) is 2. The monoisotopic (exact) mass is 243 g/mol. The van der Waals surface area contributed by atoms with Gasteiger partial charge in [-0.25, -0.2) is 14.4 Å². The van der Waals surface area contributed by atoms with Crippen LogP contribution < -0.4 is 5.32 Å². The van der Waals surface area contributed by atoms with Crippen LogP contribution in [0.1, 0.15) is 12.8 Å². The van der Waals surface area contributed by atoms with Crippen LogP contribution in [0.5, 0.6) is 0 Å². The molecule has 6 heteroatoms. The van der Waals surface area contributed by atoms with E-state index in [4.69, 9.17) is 9.47 Å². The highest BCUT2D eigenvalue weighted by atomic mass is 19.1. The Labute approximate surface area is 100 Å². The Morgan fingerprint density at radius 2 is 1.94 bits per heavy atom. The predicted octanol–water partition coefficient (Wildman–Crippen LogP) is 1.47. The van der Waals surface area contributed by atoms with Gasteiger partial charge in [0.2, 0.25) is 5.95 Å². The maximum absolute atomic E-state index is 12.5. The van der Waals surface area contributed by atoms with Crippen molar-refractivity contribution in [3.05, 3.63) is 18.2 Å². The smallest absolute Gasteiger partial charge is 0.222 e. The van der Waals surface area contributed by atoms with Crippen LogP contribution in [-0.4, -0.2) is 43.4 Å². The standard InChI is InChI=1S/C11H18FN3O2/c1-16-6-7-17-5-3-2-4-13-11-14-8-10(12)9-15-11/h8-9H,2-7H2,1H3,(H,13,14,15). The summed E-state index contributed by atoms with van der Waals surface area (Å²) in [7, 11) is 1.65. The normalized spacial score (nSPS) is 10.5. The SMILES string of the molecule is COCCOCCCCNc1ncc(F)cn1. The lowest BCUT2D eigenvalue weighted by atomic mass is 10.3. The van der Waals surface area contributed by atoms with Crippen molar-refractivity contribution in [2.24, 2.45) is 0 Å². The Balaban J connectivity index is 1.95. The minimum Gasteiger partial charge on any atom is -0.382 e. The van der Waals surface area contributed by atoms with Crippen molar-refractivity contribution >= 4 is 5.95 Å². The number of hydrogen-bond donors (Lipinski definition) is 1. The molecule has 0 saturated heterocycles. The first-order valence-corrected chi connectivity index (χ1v) is 5.61. The first-order valence-electron chi connectivity index (χ1n) is 5.61. The second-order valence-corrected chi connectivity index (χ2v) is 3.46. The van der Waals surface area contributed by atoms with Crippen LogP contribution in [-0.2, 0) is 9.47 Å². The van der Waals surface area contributed by atoms with E-state index in [1.54, 1.807) is 7.11 Å². The molecule has 1 aromatic rings. The van der Waals surface area contributed by atoms with Gasteiger partial charge >= 0.3 is 0 Å². The summed E-state index contributed by atoms with van der Waals surface area (Å²) in [6.45, 7) is 2.72. The van der Waals surface area contributed by atoms with E-state index in [0.717, 1.165) is 38.4 Å². The van der Waals surface area contributed by atoms with Crippen molar-refractivity contribution in [3.63, 3.8) is 0 Å². The number of nitrogens with zero attached hydrogens (tertiary/aromatic N) is 2.